The van der Waals surface area contributed by atoms with Crippen molar-refractivity contribution in [2.24, 2.45) is 0 Å². The van der Waals surface area contributed by atoms with E-state index >= 15 is 0 Å². The summed E-state index contributed by atoms with van der Waals surface area (Å²) in [5.74, 6) is 0.764. The van der Waals surface area contributed by atoms with Crippen molar-refractivity contribution in [2.45, 2.75) is 12.5 Å². The van der Waals surface area contributed by atoms with Gasteiger partial charge in [0.25, 0.3) is 0 Å². The first-order chi connectivity index (χ1) is 8.74. The second kappa shape index (κ2) is 6.52. The highest BCUT2D eigenvalue weighted by atomic mass is 79.9. The Kier molecular flexibility index (Phi) is 4.73. The second-order valence-electron chi connectivity index (χ2n) is 3.95. The van der Waals surface area contributed by atoms with Gasteiger partial charge >= 0.3 is 0 Å². The number of para-hydroxylation sites is 1. The Morgan fingerprint density at radius 2 is 1.94 bits per heavy atom. The van der Waals surface area contributed by atoms with Gasteiger partial charge in [-0.15, -0.1) is 0 Å². The topological polar surface area (TPSA) is 42.4 Å². The maximum Gasteiger partial charge on any atom is 0.119 e. The molecule has 0 aliphatic rings. The first-order valence-electron chi connectivity index (χ1n) is 5.70. The lowest BCUT2D eigenvalue weighted by Gasteiger charge is -2.11. The number of hydrogen-bond donors (Lipinski definition) is 1. The molecule has 0 saturated heterocycles. The van der Waals surface area contributed by atoms with Gasteiger partial charge in [0, 0.05) is 22.8 Å². The highest BCUT2D eigenvalue weighted by Gasteiger charge is 2.07. The molecule has 0 aliphatic heterocycles. The van der Waals surface area contributed by atoms with E-state index in [1.165, 1.54) is 0 Å². The zero-order chi connectivity index (χ0) is 12.8. The Bertz CT molecular complexity index is 473. The number of nitrogens with zero attached hydrogens (tertiary/aromatic N) is 1. The number of pyridine rings is 1. The molecular formula is C14H14BrNO2. The molecule has 1 N–H and O–H groups in total. The molecule has 0 fully saturated rings. The minimum absolute atomic E-state index is 0.266. The van der Waals surface area contributed by atoms with Crippen molar-refractivity contribution < 1.29 is 9.84 Å². The van der Waals surface area contributed by atoms with Crippen LogP contribution in [0.15, 0.2) is 53.1 Å². The fraction of sp³-hybridized carbons (Fsp3) is 0.214. The van der Waals surface area contributed by atoms with E-state index in [-0.39, 0.29) is 6.61 Å². The molecule has 1 atom stereocenters. The summed E-state index contributed by atoms with van der Waals surface area (Å²) in [6.07, 6.45) is 1.65. The quantitative estimate of drug-likeness (QED) is 0.923. The third-order valence-electron chi connectivity index (χ3n) is 2.42. The Morgan fingerprint density at radius 1 is 1.17 bits per heavy atom. The van der Waals surface area contributed by atoms with Crippen molar-refractivity contribution in [1.82, 2.24) is 4.98 Å². The predicted octanol–water partition coefficient (Wildman–Crippen LogP) is 2.83. The lowest BCUT2D eigenvalue weighted by Crippen LogP contribution is -2.20. The van der Waals surface area contributed by atoms with Crippen molar-refractivity contribution in [3.05, 3.63) is 58.8 Å². The van der Waals surface area contributed by atoms with Crippen LogP contribution < -0.4 is 4.74 Å². The summed E-state index contributed by atoms with van der Waals surface area (Å²) in [6, 6.07) is 13.3. The van der Waals surface area contributed by atoms with Crippen LogP contribution in [0.1, 0.15) is 5.69 Å². The van der Waals surface area contributed by atoms with Crippen molar-refractivity contribution in [1.29, 1.82) is 0 Å². The zero-order valence-electron chi connectivity index (χ0n) is 9.79. The van der Waals surface area contributed by atoms with Gasteiger partial charge in [0.1, 0.15) is 12.4 Å². The molecule has 0 amide bonds. The highest BCUT2D eigenvalue weighted by Crippen LogP contribution is 2.11. The van der Waals surface area contributed by atoms with Gasteiger partial charge in [0.15, 0.2) is 0 Å². The molecule has 1 aromatic carbocycles. The Labute approximate surface area is 115 Å². The normalized spacial score (nSPS) is 12.1. The van der Waals surface area contributed by atoms with Gasteiger partial charge < -0.3 is 9.84 Å². The molecule has 0 bridgehead atoms. The average Bonchev–Trinajstić information content (AvgIpc) is 2.40. The van der Waals surface area contributed by atoms with E-state index in [1.54, 1.807) is 6.20 Å². The van der Waals surface area contributed by atoms with Crippen LogP contribution in [0, 0.1) is 0 Å². The minimum Gasteiger partial charge on any atom is -0.491 e. The molecule has 3 nitrogen and oxygen atoms in total. The maximum atomic E-state index is 9.86. The van der Waals surface area contributed by atoms with E-state index in [9.17, 15) is 5.11 Å². The average molecular weight is 308 g/mol. The third-order valence-corrected chi connectivity index (χ3v) is 2.89. The summed E-state index contributed by atoms with van der Waals surface area (Å²) in [5, 5.41) is 9.86. The molecule has 18 heavy (non-hydrogen) atoms. The van der Waals surface area contributed by atoms with Gasteiger partial charge in [0.05, 0.1) is 6.10 Å². The molecule has 4 heteroatoms. The Balaban J connectivity index is 1.82. The van der Waals surface area contributed by atoms with Gasteiger partial charge in [-0.1, -0.05) is 18.2 Å². The highest BCUT2D eigenvalue weighted by molar-refractivity contribution is 9.10. The summed E-state index contributed by atoms with van der Waals surface area (Å²) in [6.45, 7) is 0.266. The largest absolute Gasteiger partial charge is 0.491 e. The van der Waals surface area contributed by atoms with Gasteiger partial charge in [-0.2, -0.15) is 0 Å². The Hall–Kier alpha value is -1.39. The minimum atomic E-state index is -0.557. The van der Waals surface area contributed by atoms with Crippen LogP contribution in [-0.2, 0) is 6.42 Å². The molecule has 0 radical (unpaired) electrons. The number of rotatable bonds is 5. The van der Waals surface area contributed by atoms with Gasteiger partial charge in [0.2, 0.25) is 0 Å². The summed E-state index contributed by atoms with van der Waals surface area (Å²) in [7, 11) is 0. The van der Waals surface area contributed by atoms with E-state index in [4.69, 9.17) is 4.74 Å². The summed E-state index contributed by atoms with van der Waals surface area (Å²) in [4.78, 5) is 4.21. The van der Waals surface area contributed by atoms with Crippen molar-refractivity contribution in [3.63, 3.8) is 0 Å². The number of halogens is 1. The fourth-order valence-corrected chi connectivity index (χ4v) is 1.77. The number of aliphatic hydroxyl groups excluding tert-OH is 1. The first kappa shape index (κ1) is 13.1. The summed E-state index contributed by atoms with van der Waals surface area (Å²) in [5.41, 5.74) is 0.849. The number of hydrogen-bond acceptors (Lipinski definition) is 3. The van der Waals surface area contributed by atoms with Crippen LogP contribution in [-0.4, -0.2) is 22.8 Å². The van der Waals surface area contributed by atoms with Crippen LogP contribution >= 0.6 is 15.9 Å². The van der Waals surface area contributed by atoms with E-state index in [0.717, 1.165) is 15.9 Å². The Morgan fingerprint density at radius 3 is 2.61 bits per heavy atom. The first-order valence-corrected chi connectivity index (χ1v) is 6.49. The second-order valence-corrected chi connectivity index (χ2v) is 4.87. The monoisotopic (exact) mass is 307 g/mol. The maximum absolute atomic E-state index is 9.86. The van der Waals surface area contributed by atoms with Crippen LogP contribution in [0.5, 0.6) is 5.75 Å². The molecule has 2 aromatic rings. The van der Waals surface area contributed by atoms with Crippen LogP contribution in [0.4, 0.5) is 0 Å². The van der Waals surface area contributed by atoms with Crippen molar-refractivity contribution >= 4 is 15.9 Å². The van der Waals surface area contributed by atoms with Gasteiger partial charge in [-0.3, -0.25) is 4.98 Å². The molecule has 1 heterocycles. The van der Waals surface area contributed by atoms with E-state index in [2.05, 4.69) is 20.9 Å². The van der Waals surface area contributed by atoms with Gasteiger partial charge in [-0.25, -0.2) is 0 Å². The molecule has 94 valence electrons. The number of aromatic nitrogens is 1. The van der Waals surface area contributed by atoms with Crippen LogP contribution in [0.2, 0.25) is 0 Å². The smallest absolute Gasteiger partial charge is 0.119 e. The van der Waals surface area contributed by atoms with E-state index in [0.29, 0.717) is 6.42 Å². The molecule has 0 aliphatic carbocycles. The van der Waals surface area contributed by atoms with Crippen LogP contribution in [0.3, 0.4) is 0 Å². The van der Waals surface area contributed by atoms with Gasteiger partial charge in [-0.05, 0) is 40.2 Å². The van der Waals surface area contributed by atoms with Crippen molar-refractivity contribution in [2.75, 3.05) is 6.61 Å². The molecular weight excluding hydrogens is 294 g/mol. The number of aliphatic hydroxyl groups is 1. The SMILES string of the molecule is OC(COc1ccccc1)Cc1ccc(Br)cn1. The molecule has 0 saturated carbocycles. The molecule has 2 rings (SSSR count). The third kappa shape index (κ3) is 4.13. The van der Waals surface area contributed by atoms with Crippen LogP contribution in [0.25, 0.3) is 0 Å². The molecule has 0 spiro atoms. The fourth-order valence-electron chi connectivity index (χ4n) is 1.54. The zero-order valence-corrected chi connectivity index (χ0v) is 11.4. The standard InChI is InChI=1S/C14H14BrNO2/c15-11-6-7-12(16-9-11)8-13(17)10-18-14-4-2-1-3-5-14/h1-7,9,13,17H,8,10H2. The lowest BCUT2D eigenvalue weighted by atomic mass is 10.2. The van der Waals surface area contributed by atoms with E-state index in [1.807, 2.05) is 42.5 Å². The number of benzene rings is 1. The van der Waals surface area contributed by atoms with E-state index < -0.39 is 6.10 Å². The lowest BCUT2D eigenvalue weighted by molar-refractivity contribution is 0.107. The molecule has 1 unspecified atom stereocenters. The molecule has 1 aromatic heterocycles. The van der Waals surface area contributed by atoms with Crippen molar-refractivity contribution in [3.8, 4) is 5.75 Å². The predicted molar refractivity (Wildman–Crippen MR) is 73.6 cm³/mol. The summed E-state index contributed by atoms with van der Waals surface area (Å²) >= 11 is 3.32. The summed E-state index contributed by atoms with van der Waals surface area (Å²) < 4.78 is 6.41. The number of ether oxygens (including phenoxy) is 1.